The van der Waals surface area contributed by atoms with Gasteiger partial charge < -0.3 is 10.1 Å². The lowest BCUT2D eigenvalue weighted by molar-refractivity contribution is 0.102. The van der Waals surface area contributed by atoms with E-state index >= 15 is 0 Å². The third kappa shape index (κ3) is 3.78. The highest BCUT2D eigenvalue weighted by molar-refractivity contribution is 7.17. The maximum atomic E-state index is 12.7. The SMILES string of the molecule is CCOc1ccc(-c2nc(C)c(C(=O)Nc3cccc(C)c3C)s2)cc1. The fourth-order valence-corrected chi connectivity index (χ4v) is 3.62. The number of aryl methyl sites for hydroxylation is 2. The molecule has 0 aliphatic rings. The van der Waals surface area contributed by atoms with Crippen LogP contribution in [0.5, 0.6) is 5.75 Å². The van der Waals surface area contributed by atoms with E-state index in [1.54, 1.807) is 0 Å². The van der Waals surface area contributed by atoms with Gasteiger partial charge in [-0.05, 0) is 69.2 Å². The number of benzene rings is 2. The Morgan fingerprint density at radius 2 is 1.85 bits per heavy atom. The molecule has 0 spiro atoms. The highest BCUT2D eigenvalue weighted by Gasteiger charge is 2.17. The second-order valence-corrected chi connectivity index (χ2v) is 7.09. The van der Waals surface area contributed by atoms with Crippen molar-refractivity contribution in [2.24, 2.45) is 0 Å². The molecule has 4 nitrogen and oxygen atoms in total. The molecule has 1 N–H and O–H groups in total. The van der Waals surface area contributed by atoms with Gasteiger partial charge in [-0.3, -0.25) is 4.79 Å². The van der Waals surface area contributed by atoms with E-state index in [0.717, 1.165) is 38.8 Å². The standard InChI is InChI=1S/C21H22N2O2S/c1-5-25-17-11-9-16(10-12-17)21-22-15(4)19(26-21)20(24)23-18-8-6-7-13(2)14(18)3/h6-12H,5H2,1-4H3,(H,23,24). The Labute approximate surface area is 157 Å². The number of aromatic nitrogens is 1. The van der Waals surface area contributed by atoms with Crippen molar-refractivity contribution in [3.63, 3.8) is 0 Å². The van der Waals surface area contributed by atoms with Gasteiger partial charge in [0, 0.05) is 11.3 Å². The summed E-state index contributed by atoms with van der Waals surface area (Å²) in [4.78, 5) is 17.9. The largest absolute Gasteiger partial charge is 0.494 e. The van der Waals surface area contributed by atoms with E-state index in [2.05, 4.69) is 10.3 Å². The Morgan fingerprint density at radius 1 is 1.12 bits per heavy atom. The zero-order chi connectivity index (χ0) is 18.7. The average molecular weight is 366 g/mol. The maximum Gasteiger partial charge on any atom is 0.267 e. The summed E-state index contributed by atoms with van der Waals surface area (Å²) in [5.41, 5.74) is 4.79. The molecule has 3 aromatic rings. The molecule has 0 bridgehead atoms. The van der Waals surface area contributed by atoms with Gasteiger partial charge in [-0.1, -0.05) is 12.1 Å². The third-order valence-corrected chi connectivity index (χ3v) is 5.47. The lowest BCUT2D eigenvalue weighted by Gasteiger charge is -2.09. The summed E-state index contributed by atoms with van der Waals surface area (Å²) in [6, 6.07) is 13.7. The molecular weight excluding hydrogens is 344 g/mol. The van der Waals surface area contributed by atoms with Crippen LogP contribution in [-0.2, 0) is 0 Å². The molecule has 0 radical (unpaired) electrons. The lowest BCUT2D eigenvalue weighted by Crippen LogP contribution is -2.12. The van der Waals surface area contributed by atoms with Crippen LogP contribution < -0.4 is 10.1 Å². The van der Waals surface area contributed by atoms with E-state index in [-0.39, 0.29) is 5.91 Å². The highest BCUT2D eigenvalue weighted by Crippen LogP contribution is 2.30. The van der Waals surface area contributed by atoms with Crippen molar-refractivity contribution >= 4 is 22.9 Å². The molecule has 0 fully saturated rings. The molecule has 0 saturated heterocycles. The fourth-order valence-electron chi connectivity index (χ4n) is 2.66. The van der Waals surface area contributed by atoms with Crippen LogP contribution in [0, 0.1) is 20.8 Å². The second kappa shape index (κ2) is 7.70. The van der Waals surface area contributed by atoms with Crippen molar-refractivity contribution < 1.29 is 9.53 Å². The molecule has 134 valence electrons. The first-order chi connectivity index (χ1) is 12.5. The van der Waals surface area contributed by atoms with Crippen LogP contribution in [-0.4, -0.2) is 17.5 Å². The molecule has 5 heteroatoms. The molecule has 0 atom stereocenters. The average Bonchev–Trinajstić information content (AvgIpc) is 3.02. The second-order valence-electron chi connectivity index (χ2n) is 6.09. The van der Waals surface area contributed by atoms with Crippen molar-refractivity contribution in [3.05, 3.63) is 64.2 Å². The predicted molar refractivity (Wildman–Crippen MR) is 107 cm³/mol. The van der Waals surface area contributed by atoms with Crippen LogP contribution in [0.4, 0.5) is 5.69 Å². The first-order valence-corrected chi connectivity index (χ1v) is 9.39. The Bertz CT molecular complexity index is 930. The Morgan fingerprint density at radius 3 is 2.54 bits per heavy atom. The lowest BCUT2D eigenvalue weighted by atomic mass is 10.1. The molecule has 2 aromatic carbocycles. The van der Waals surface area contributed by atoms with Gasteiger partial charge in [-0.2, -0.15) is 0 Å². The minimum absolute atomic E-state index is 0.120. The van der Waals surface area contributed by atoms with Crippen molar-refractivity contribution in [2.45, 2.75) is 27.7 Å². The van der Waals surface area contributed by atoms with Crippen LogP contribution in [0.15, 0.2) is 42.5 Å². The van der Waals surface area contributed by atoms with Crippen LogP contribution in [0.1, 0.15) is 33.4 Å². The maximum absolute atomic E-state index is 12.7. The number of thiazole rings is 1. The Hall–Kier alpha value is -2.66. The molecule has 26 heavy (non-hydrogen) atoms. The Balaban J connectivity index is 1.83. The topological polar surface area (TPSA) is 51.2 Å². The van der Waals surface area contributed by atoms with Gasteiger partial charge in [0.2, 0.25) is 0 Å². The smallest absolute Gasteiger partial charge is 0.267 e. The van der Waals surface area contributed by atoms with Gasteiger partial charge in [-0.15, -0.1) is 11.3 Å². The van der Waals surface area contributed by atoms with Crippen LogP contribution in [0.25, 0.3) is 10.6 Å². The van der Waals surface area contributed by atoms with Crippen molar-refractivity contribution in [1.82, 2.24) is 4.98 Å². The van der Waals surface area contributed by atoms with E-state index in [1.807, 2.05) is 70.2 Å². The summed E-state index contributed by atoms with van der Waals surface area (Å²) in [6.45, 7) is 8.51. The van der Waals surface area contributed by atoms with E-state index < -0.39 is 0 Å². The summed E-state index contributed by atoms with van der Waals surface area (Å²) < 4.78 is 5.47. The molecule has 0 unspecified atom stereocenters. The number of nitrogens with one attached hydrogen (secondary N) is 1. The normalized spacial score (nSPS) is 10.6. The number of hydrogen-bond donors (Lipinski definition) is 1. The van der Waals surface area contributed by atoms with Crippen molar-refractivity contribution in [2.75, 3.05) is 11.9 Å². The van der Waals surface area contributed by atoms with Gasteiger partial charge in [0.25, 0.3) is 5.91 Å². The molecule has 0 saturated carbocycles. The number of nitrogens with zero attached hydrogens (tertiary/aromatic N) is 1. The molecule has 1 aromatic heterocycles. The number of hydrogen-bond acceptors (Lipinski definition) is 4. The predicted octanol–water partition coefficient (Wildman–Crippen LogP) is 5.39. The van der Waals surface area contributed by atoms with Gasteiger partial charge in [0.15, 0.2) is 0 Å². The summed E-state index contributed by atoms with van der Waals surface area (Å²) in [7, 11) is 0. The van der Waals surface area contributed by atoms with Crippen LogP contribution in [0.3, 0.4) is 0 Å². The fraction of sp³-hybridized carbons (Fsp3) is 0.238. The van der Waals surface area contributed by atoms with E-state index in [4.69, 9.17) is 4.74 Å². The minimum Gasteiger partial charge on any atom is -0.494 e. The third-order valence-electron chi connectivity index (χ3n) is 4.27. The number of amides is 1. The van der Waals surface area contributed by atoms with Gasteiger partial charge in [-0.25, -0.2) is 4.98 Å². The summed E-state index contributed by atoms with van der Waals surface area (Å²) >= 11 is 1.41. The molecule has 1 heterocycles. The minimum atomic E-state index is -0.120. The molecule has 1 amide bonds. The zero-order valence-corrected chi connectivity index (χ0v) is 16.2. The van der Waals surface area contributed by atoms with Gasteiger partial charge in [0.1, 0.15) is 15.6 Å². The number of carbonyl (C=O) groups excluding carboxylic acids is 1. The Kier molecular flexibility index (Phi) is 5.38. The molecule has 0 aliphatic heterocycles. The number of carbonyl (C=O) groups is 1. The molecular formula is C21H22N2O2S. The van der Waals surface area contributed by atoms with Crippen molar-refractivity contribution in [3.8, 4) is 16.3 Å². The molecule has 3 rings (SSSR count). The van der Waals surface area contributed by atoms with E-state index in [0.29, 0.717) is 11.5 Å². The van der Waals surface area contributed by atoms with Gasteiger partial charge >= 0.3 is 0 Å². The van der Waals surface area contributed by atoms with E-state index in [9.17, 15) is 4.79 Å². The zero-order valence-electron chi connectivity index (χ0n) is 15.4. The first-order valence-electron chi connectivity index (χ1n) is 8.57. The number of rotatable bonds is 5. The van der Waals surface area contributed by atoms with Crippen LogP contribution in [0.2, 0.25) is 0 Å². The summed E-state index contributed by atoms with van der Waals surface area (Å²) in [5, 5.41) is 3.84. The first kappa shape index (κ1) is 18.1. The number of ether oxygens (including phenoxy) is 1. The van der Waals surface area contributed by atoms with E-state index in [1.165, 1.54) is 11.3 Å². The monoisotopic (exact) mass is 366 g/mol. The number of anilines is 1. The summed E-state index contributed by atoms with van der Waals surface area (Å²) in [6.07, 6.45) is 0. The molecule has 0 aliphatic carbocycles. The highest BCUT2D eigenvalue weighted by atomic mass is 32.1. The van der Waals surface area contributed by atoms with Gasteiger partial charge in [0.05, 0.1) is 12.3 Å². The summed E-state index contributed by atoms with van der Waals surface area (Å²) in [5.74, 6) is 0.711. The van der Waals surface area contributed by atoms with Crippen LogP contribution >= 0.6 is 11.3 Å². The van der Waals surface area contributed by atoms with Crippen molar-refractivity contribution in [1.29, 1.82) is 0 Å². The quantitative estimate of drug-likeness (QED) is 0.659.